The molecule has 2 heteroatoms. The average molecular weight is 144 g/mol. The second-order valence-corrected chi connectivity index (χ2v) is 2.45. The molecule has 0 N–H and O–H groups in total. The molecule has 2 heterocycles. The normalized spacial score (nSPS) is 36.6. The van der Waals surface area contributed by atoms with Gasteiger partial charge in [0.25, 0.3) is 0 Å². The zero-order chi connectivity index (χ0) is 7.40. The van der Waals surface area contributed by atoms with Crippen LogP contribution in [0.2, 0.25) is 0 Å². The fourth-order valence-corrected chi connectivity index (χ4v) is 1.41. The van der Waals surface area contributed by atoms with Gasteiger partial charge >= 0.3 is 0 Å². The highest BCUT2D eigenvalue weighted by molar-refractivity contribution is 4.73. The van der Waals surface area contributed by atoms with Crippen molar-refractivity contribution in [3.8, 4) is 0 Å². The van der Waals surface area contributed by atoms with Crippen LogP contribution in [0.4, 0.5) is 0 Å². The summed E-state index contributed by atoms with van der Waals surface area (Å²) >= 11 is 0. The predicted octanol–water partition coefficient (Wildman–Crippen LogP) is 1.80. The molecule has 0 spiro atoms. The molecule has 2 aliphatic rings. The minimum absolute atomic E-state index is 0.176. The Labute approximate surface area is 62.5 Å². The molecule has 2 nitrogen and oxygen atoms in total. The Morgan fingerprint density at radius 2 is 1.50 bits per heavy atom. The van der Waals surface area contributed by atoms with Gasteiger partial charge in [0.05, 0.1) is 13.2 Å². The van der Waals surface area contributed by atoms with Crippen LogP contribution in [0.1, 0.15) is 26.7 Å². The van der Waals surface area contributed by atoms with Gasteiger partial charge < -0.3 is 9.47 Å². The Bertz CT molecular complexity index is 73.3. The highest BCUT2D eigenvalue weighted by Crippen LogP contribution is 2.30. The molecule has 0 aromatic carbocycles. The highest BCUT2D eigenvalue weighted by atomic mass is 16.7. The maximum atomic E-state index is 5.25. The summed E-state index contributed by atoms with van der Waals surface area (Å²) in [4.78, 5) is 0. The van der Waals surface area contributed by atoms with Gasteiger partial charge in [0.15, 0.2) is 6.29 Å². The smallest absolute Gasteiger partial charge is 0.160 e. The monoisotopic (exact) mass is 144 g/mol. The molecule has 2 saturated heterocycles. The van der Waals surface area contributed by atoms with Crippen molar-refractivity contribution in [1.29, 1.82) is 0 Å². The van der Waals surface area contributed by atoms with Gasteiger partial charge in [-0.25, -0.2) is 0 Å². The predicted molar refractivity (Wildman–Crippen MR) is 39.8 cm³/mol. The molecule has 60 valence electrons. The maximum absolute atomic E-state index is 5.25. The summed E-state index contributed by atoms with van der Waals surface area (Å²) in [6, 6.07) is 0. The quantitative estimate of drug-likeness (QED) is 0.516. The molecule has 10 heavy (non-hydrogen) atoms. The molecule has 0 unspecified atom stereocenters. The van der Waals surface area contributed by atoms with E-state index in [0.717, 1.165) is 19.1 Å². The van der Waals surface area contributed by atoms with E-state index in [1.807, 2.05) is 13.8 Å². The Morgan fingerprint density at radius 1 is 1.00 bits per heavy atom. The lowest BCUT2D eigenvalue weighted by Gasteiger charge is -2.03. The van der Waals surface area contributed by atoms with E-state index < -0.39 is 0 Å². The third-order valence-electron chi connectivity index (χ3n) is 1.93. The lowest BCUT2D eigenvalue weighted by molar-refractivity contribution is -0.0904. The number of ether oxygens (including phenoxy) is 2. The van der Waals surface area contributed by atoms with Gasteiger partial charge in [-0.1, -0.05) is 13.8 Å². The Balaban J connectivity index is 0.000000231. The second kappa shape index (κ2) is 3.94. The van der Waals surface area contributed by atoms with E-state index in [2.05, 4.69) is 0 Å². The van der Waals surface area contributed by atoms with Gasteiger partial charge in [-0.3, -0.25) is 0 Å². The van der Waals surface area contributed by atoms with Crippen LogP contribution in [0.3, 0.4) is 0 Å². The molecule has 0 bridgehead atoms. The topological polar surface area (TPSA) is 18.5 Å². The first-order chi connectivity index (χ1) is 4.97. The van der Waals surface area contributed by atoms with Crippen molar-refractivity contribution < 1.29 is 9.47 Å². The Hall–Kier alpha value is -0.0800. The van der Waals surface area contributed by atoms with Crippen LogP contribution in [0.5, 0.6) is 0 Å². The molecule has 0 amide bonds. The van der Waals surface area contributed by atoms with Crippen molar-refractivity contribution in [2.24, 2.45) is 5.92 Å². The summed E-state index contributed by atoms with van der Waals surface area (Å²) in [7, 11) is 0. The fourth-order valence-electron chi connectivity index (χ4n) is 1.41. The molecule has 0 aromatic heterocycles. The second-order valence-electron chi connectivity index (χ2n) is 2.45. The van der Waals surface area contributed by atoms with Gasteiger partial charge in [-0.15, -0.1) is 0 Å². The zero-order valence-corrected chi connectivity index (χ0v) is 6.80. The van der Waals surface area contributed by atoms with Crippen LogP contribution in [-0.2, 0) is 9.47 Å². The standard InChI is InChI=1S/C6H10O2.C2H6/c1-3-7-6-5(1)2-4-8-6;1-2/h5-6H,1-4H2;1-2H3. The molecular weight excluding hydrogens is 128 g/mol. The van der Waals surface area contributed by atoms with E-state index in [1.54, 1.807) is 0 Å². The largest absolute Gasteiger partial charge is 0.352 e. The van der Waals surface area contributed by atoms with Gasteiger partial charge in [-0.2, -0.15) is 0 Å². The van der Waals surface area contributed by atoms with Crippen molar-refractivity contribution in [1.82, 2.24) is 0 Å². The van der Waals surface area contributed by atoms with Crippen LogP contribution in [0.25, 0.3) is 0 Å². The van der Waals surface area contributed by atoms with E-state index in [1.165, 1.54) is 12.8 Å². The minimum atomic E-state index is 0.176. The molecule has 2 rings (SSSR count). The molecule has 0 atom stereocenters. The molecule has 0 saturated carbocycles. The Kier molecular flexibility index (Phi) is 3.16. The van der Waals surface area contributed by atoms with E-state index >= 15 is 0 Å². The van der Waals surface area contributed by atoms with Crippen molar-refractivity contribution in [3.05, 3.63) is 0 Å². The summed E-state index contributed by atoms with van der Waals surface area (Å²) in [5, 5.41) is 0. The van der Waals surface area contributed by atoms with E-state index in [9.17, 15) is 0 Å². The lowest BCUT2D eigenvalue weighted by Crippen LogP contribution is -2.08. The number of hydrogen-bond donors (Lipinski definition) is 0. The average Bonchev–Trinajstić information content (AvgIpc) is 2.49. The van der Waals surface area contributed by atoms with Crippen molar-refractivity contribution >= 4 is 0 Å². The first kappa shape index (κ1) is 8.02. The fraction of sp³-hybridized carbons (Fsp3) is 1.00. The molecule has 0 radical (unpaired) electrons. The summed E-state index contributed by atoms with van der Waals surface area (Å²) in [5.74, 6) is 0.731. The van der Waals surface area contributed by atoms with Crippen LogP contribution < -0.4 is 0 Å². The first-order valence-electron chi connectivity index (χ1n) is 4.20. The third-order valence-corrected chi connectivity index (χ3v) is 1.93. The summed E-state index contributed by atoms with van der Waals surface area (Å²) < 4.78 is 10.5. The van der Waals surface area contributed by atoms with Crippen LogP contribution in [-0.4, -0.2) is 19.5 Å². The van der Waals surface area contributed by atoms with E-state index in [0.29, 0.717) is 0 Å². The Morgan fingerprint density at radius 3 is 1.90 bits per heavy atom. The zero-order valence-electron chi connectivity index (χ0n) is 6.80. The van der Waals surface area contributed by atoms with Crippen molar-refractivity contribution in [3.63, 3.8) is 0 Å². The molecule has 0 aromatic rings. The summed E-state index contributed by atoms with van der Waals surface area (Å²) in [5.41, 5.74) is 0. The molecule has 0 aliphatic carbocycles. The van der Waals surface area contributed by atoms with Crippen LogP contribution >= 0.6 is 0 Å². The summed E-state index contributed by atoms with van der Waals surface area (Å²) in [6.45, 7) is 5.82. The third kappa shape index (κ3) is 1.50. The lowest BCUT2D eigenvalue weighted by atomic mass is 10.1. The van der Waals surface area contributed by atoms with Crippen molar-refractivity contribution in [2.75, 3.05) is 13.2 Å². The van der Waals surface area contributed by atoms with Crippen LogP contribution in [0, 0.1) is 5.92 Å². The summed E-state index contributed by atoms with van der Waals surface area (Å²) in [6.07, 6.45) is 2.60. The number of hydrogen-bond acceptors (Lipinski definition) is 2. The van der Waals surface area contributed by atoms with E-state index in [-0.39, 0.29) is 6.29 Å². The first-order valence-corrected chi connectivity index (χ1v) is 4.20. The van der Waals surface area contributed by atoms with E-state index in [4.69, 9.17) is 9.47 Å². The SMILES string of the molecule is C1CC2CCOC2O1.CC. The minimum Gasteiger partial charge on any atom is -0.352 e. The van der Waals surface area contributed by atoms with Gasteiger partial charge in [0, 0.05) is 5.92 Å². The van der Waals surface area contributed by atoms with Gasteiger partial charge in [-0.05, 0) is 12.8 Å². The van der Waals surface area contributed by atoms with Crippen molar-refractivity contribution in [2.45, 2.75) is 33.0 Å². The number of rotatable bonds is 0. The molecule has 2 fully saturated rings. The molecule has 2 aliphatic heterocycles. The molecular formula is C8H16O2. The maximum Gasteiger partial charge on any atom is 0.160 e. The number of fused-ring (bicyclic) bond motifs is 1. The van der Waals surface area contributed by atoms with Crippen LogP contribution in [0.15, 0.2) is 0 Å². The van der Waals surface area contributed by atoms with Gasteiger partial charge in [0.2, 0.25) is 0 Å². The van der Waals surface area contributed by atoms with Gasteiger partial charge in [0.1, 0.15) is 0 Å². The highest BCUT2D eigenvalue weighted by Gasteiger charge is 2.33.